The summed E-state index contributed by atoms with van der Waals surface area (Å²) in [5.74, 6) is 0.104. The van der Waals surface area contributed by atoms with Crippen molar-refractivity contribution in [1.82, 2.24) is 0 Å². The first kappa shape index (κ1) is 16.7. The Hall–Kier alpha value is -2.47. The summed E-state index contributed by atoms with van der Waals surface area (Å²) in [5.41, 5.74) is 4.53. The minimum atomic E-state index is -0.166. The monoisotopic (exact) mass is 376 g/mol. The van der Waals surface area contributed by atoms with Crippen molar-refractivity contribution in [3.8, 4) is 0 Å². The van der Waals surface area contributed by atoms with Crippen LogP contribution in [0.15, 0.2) is 82.6 Å². The van der Waals surface area contributed by atoms with E-state index in [9.17, 15) is 0 Å². The number of para-hydroxylation sites is 1. The maximum absolute atomic E-state index is 5.89. The third-order valence-corrected chi connectivity index (χ3v) is 5.88. The lowest BCUT2D eigenvalue weighted by Crippen LogP contribution is -2.30. The highest BCUT2D eigenvalue weighted by atomic mass is 32.1. The molecule has 0 N–H and O–H groups in total. The van der Waals surface area contributed by atoms with Gasteiger partial charge in [-0.1, -0.05) is 48.5 Å². The number of methoxy groups -OCH3 is 1. The average Bonchev–Trinajstić information content (AvgIpc) is 3.13. The molecule has 136 valence electrons. The van der Waals surface area contributed by atoms with Crippen molar-refractivity contribution in [3.63, 3.8) is 0 Å². The van der Waals surface area contributed by atoms with E-state index in [2.05, 4.69) is 70.4 Å². The van der Waals surface area contributed by atoms with Crippen molar-refractivity contribution >= 4 is 22.7 Å². The highest BCUT2D eigenvalue weighted by Crippen LogP contribution is 2.48. The predicted octanol–water partition coefficient (Wildman–Crippen LogP) is 4.70. The van der Waals surface area contributed by atoms with Gasteiger partial charge in [-0.15, -0.1) is 0 Å². The van der Waals surface area contributed by atoms with Gasteiger partial charge in [0.2, 0.25) is 0 Å². The van der Waals surface area contributed by atoms with Crippen LogP contribution in [0.25, 0.3) is 0 Å². The minimum absolute atomic E-state index is 0.00701. The Morgan fingerprint density at radius 1 is 1.00 bits per heavy atom. The van der Waals surface area contributed by atoms with Gasteiger partial charge in [-0.2, -0.15) is 16.4 Å². The van der Waals surface area contributed by atoms with E-state index in [1.807, 2.05) is 12.1 Å². The second-order valence-electron chi connectivity index (χ2n) is 6.76. The van der Waals surface area contributed by atoms with Gasteiger partial charge in [-0.25, -0.2) is 0 Å². The molecule has 1 fully saturated rings. The van der Waals surface area contributed by atoms with Gasteiger partial charge in [0.05, 0.1) is 23.4 Å². The molecule has 2 aromatic carbocycles. The summed E-state index contributed by atoms with van der Waals surface area (Å²) in [4.78, 5) is 0. The lowest BCUT2D eigenvalue weighted by Gasteiger charge is -2.27. The molecule has 1 saturated heterocycles. The smallest absolute Gasteiger partial charge is 0.184 e. The largest absolute Gasteiger partial charge is 0.353 e. The Bertz CT molecular complexity index is 927. The first-order valence-corrected chi connectivity index (χ1v) is 9.99. The molecule has 27 heavy (non-hydrogen) atoms. The Morgan fingerprint density at radius 3 is 2.37 bits per heavy atom. The fraction of sp³-hybridized carbons (Fsp3) is 0.227. The summed E-state index contributed by atoms with van der Waals surface area (Å²) in [5, 5.41) is 11.6. The predicted molar refractivity (Wildman–Crippen MR) is 108 cm³/mol. The highest BCUT2D eigenvalue weighted by Gasteiger charge is 2.55. The molecule has 0 spiro atoms. The summed E-state index contributed by atoms with van der Waals surface area (Å²) < 4.78 is 11.4. The lowest BCUT2D eigenvalue weighted by molar-refractivity contribution is 0.0950. The Morgan fingerprint density at radius 2 is 1.74 bits per heavy atom. The van der Waals surface area contributed by atoms with Crippen LogP contribution in [0.3, 0.4) is 0 Å². The van der Waals surface area contributed by atoms with Crippen molar-refractivity contribution in [1.29, 1.82) is 0 Å². The lowest BCUT2D eigenvalue weighted by atomic mass is 9.85. The molecule has 2 aliphatic heterocycles. The van der Waals surface area contributed by atoms with E-state index in [1.54, 1.807) is 18.4 Å². The van der Waals surface area contributed by atoms with Crippen LogP contribution >= 0.6 is 11.3 Å². The van der Waals surface area contributed by atoms with E-state index in [1.165, 1.54) is 5.56 Å². The molecule has 0 saturated carbocycles. The molecule has 1 aromatic heterocycles. The minimum Gasteiger partial charge on any atom is -0.353 e. The molecule has 3 heterocycles. The molecule has 5 rings (SSSR count). The molecule has 0 amide bonds. The summed E-state index contributed by atoms with van der Waals surface area (Å²) in [6.45, 7) is 0. The second-order valence-corrected chi connectivity index (χ2v) is 7.54. The topological polar surface area (TPSA) is 37.4 Å². The highest BCUT2D eigenvalue weighted by molar-refractivity contribution is 7.08. The third-order valence-electron chi connectivity index (χ3n) is 5.18. The maximum Gasteiger partial charge on any atom is 0.184 e. The summed E-state index contributed by atoms with van der Waals surface area (Å²) in [6.07, 6.45) is -0.159. The van der Waals surface area contributed by atoms with Crippen molar-refractivity contribution in [2.75, 3.05) is 12.1 Å². The number of anilines is 1. The van der Waals surface area contributed by atoms with Gasteiger partial charge >= 0.3 is 0 Å². The van der Waals surface area contributed by atoms with Crippen LogP contribution in [0.1, 0.15) is 17.2 Å². The standard InChI is InChI=1S/C22H20N2O2S/c1-25-22-21(26-22)18-19(15-8-4-2-5-9-15)23-24(17-10-6-3-7-11-17)20(18)16-12-13-27-14-16/h2-14,18,20-22H,1H3. The number of rotatable bonds is 5. The first-order chi connectivity index (χ1) is 13.4. The van der Waals surface area contributed by atoms with E-state index in [0.717, 1.165) is 17.0 Å². The zero-order valence-electron chi connectivity index (χ0n) is 14.9. The molecule has 5 heteroatoms. The summed E-state index contributed by atoms with van der Waals surface area (Å²) >= 11 is 1.71. The van der Waals surface area contributed by atoms with Gasteiger partial charge in [0.25, 0.3) is 0 Å². The Labute approximate surface area is 162 Å². The van der Waals surface area contributed by atoms with Crippen LogP contribution in [-0.4, -0.2) is 25.2 Å². The van der Waals surface area contributed by atoms with Crippen molar-refractivity contribution in [2.24, 2.45) is 11.0 Å². The van der Waals surface area contributed by atoms with E-state index in [0.29, 0.717) is 0 Å². The Balaban J connectivity index is 1.64. The number of ether oxygens (including phenoxy) is 2. The molecule has 0 aliphatic carbocycles. The molecule has 2 aliphatic rings. The van der Waals surface area contributed by atoms with Gasteiger partial charge in [-0.3, -0.25) is 5.01 Å². The normalized spacial score (nSPS) is 26.9. The average molecular weight is 376 g/mol. The number of benzene rings is 2. The zero-order valence-corrected chi connectivity index (χ0v) is 15.8. The van der Waals surface area contributed by atoms with Crippen LogP contribution in [0.4, 0.5) is 5.69 Å². The van der Waals surface area contributed by atoms with Crippen molar-refractivity contribution < 1.29 is 9.47 Å². The number of hydrazone groups is 1. The van der Waals surface area contributed by atoms with E-state index >= 15 is 0 Å². The molecule has 0 bridgehead atoms. The molecule has 3 aromatic rings. The first-order valence-electron chi connectivity index (χ1n) is 9.05. The van der Waals surface area contributed by atoms with Gasteiger partial charge in [0.1, 0.15) is 6.10 Å². The van der Waals surface area contributed by atoms with Gasteiger partial charge in [-0.05, 0) is 40.1 Å². The van der Waals surface area contributed by atoms with E-state index in [4.69, 9.17) is 14.6 Å². The Kier molecular flexibility index (Phi) is 4.28. The molecule has 0 radical (unpaired) electrons. The molecule has 4 atom stereocenters. The number of thiophene rings is 1. The van der Waals surface area contributed by atoms with Gasteiger partial charge < -0.3 is 9.47 Å². The van der Waals surface area contributed by atoms with Gasteiger partial charge in [0, 0.05) is 7.11 Å². The van der Waals surface area contributed by atoms with Crippen molar-refractivity contribution in [2.45, 2.75) is 18.4 Å². The van der Waals surface area contributed by atoms with Crippen LogP contribution < -0.4 is 5.01 Å². The number of hydrogen-bond acceptors (Lipinski definition) is 5. The van der Waals surface area contributed by atoms with Crippen molar-refractivity contribution in [3.05, 3.63) is 88.6 Å². The number of nitrogens with zero attached hydrogens (tertiary/aromatic N) is 2. The molecular weight excluding hydrogens is 356 g/mol. The van der Waals surface area contributed by atoms with Crippen LogP contribution in [0.2, 0.25) is 0 Å². The fourth-order valence-electron chi connectivity index (χ4n) is 3.88. The zero-order chi connectivity index (χ0) is 18.2. The number of hydrogen-bond donors (Lipinski definition) is 0. The summed E-state index contributed by atoms with van der Waals surface area (Å²) in [7, 11) is 1.70. The van der Waals surface area contributed by atoms with E-state index in [-0.39, 0.29) is 24.4 Å². The molecule has 4 nitrogen and oxygen atoms in total. The molecular formula is C22H20N2O2S. The summed E-state index contributed by atoms with van der Waals surface area (Å²) in [6, 6.07) is 23.0. The third kappa shape index (κ3) is 2.98. The fourth-order valence-corrected chi connectivity index (χ4v) is 4.57. The quantitative estimate of drug-likeness (QED) is 0.606. The van der Waals surface area contributed by atoms with Crippen LogP contribution in [0, 0.1) is 5.92 Å². The second kappa shape index (κ2) is 6.93. The molecule has 4 unspecified atom stereocenters. The van der Waals surface area contributed by atoms with Crippen LogP contribution in [-0.2, 0) is 9.47 Å². The SMILES string of the molecule is COC1OC1C1C(c2ccccc2)=NN(c2ccccc2)C1c1ccsc1. The van der Waals surface area contributed by atoms with Crippen LogP contribution in [0.5, 0.6) is 0 Å². The number of epoxide rings is 1. The van der Waals surface area contributed by atoms with E-state index < -0.39 is 0 Å². The maximum atomic E-state index is 5.89. The van der Waals surface area contributed by atoms with Gasteiger partial charge in [0.15, 0.2) is 6.29 Å².